The van der Waals surface area contributed by atoms with Gasteiger partial charge in [-0.25, -0.2) is 8.42 Å². The van der Waals surface area contributed by atoms with Crippen molar-refractivity contribution >= 4 is 10.0 Å². The van der Waals surface area contributed by atoms with Crippen LogP contribution in [0.4, 0.5) is 0 Å². The predicted octanol–water partition coefficient (Wildman–Crippen LogP) is 2.04. The fraction of sp³-hybridized carbons (Fsp3) is 0.714. The first-order valence-electron chi connectivity index (χ1n) is 7.17. The highest BCUT2D eigenvalue weighted by Crippen LogP contribution is 2.31. The Labute approximate surface area is 121 Å². The van der Waals surface area contributed by atoms with E-state index in [1.807, 2.05) is 13.8 Å². The Kier molecular flexibility index (Phi) is 4.56. The molecule has 1 aromatic heterocycles. The molecule has 1 aromatic rings. The van der Waals surface area contributed by atoms with Crippen molar-refractivity contribution in [3.63, 3.8) is 0 Å². The highest BCUT2D eigenvalue weighted by molar-refractivity contribution is 7.89. The van der Waals surface area contributed by atoms with E-state index < -0.39 is 10.0 Å². The molecule has 1 unspecified atom stereocenters. The highest BCUT2D eigenvalue weighted by Gasteiger charge is 2.35. The number of rotatable bonds is 5. The van der Waals surface area contributed by atoms with E-state index in [0.717, 1.165) is 18.5 Å². The van der Waals surface area contributed by atoms with Crippen LogP contribution >= 0.6 is 0 Å². The molecule has 20 heavy (non-hydrogen) atoms. The quantitative estimate of drug-likeness (QED) is 0.904. The van der Waals surface area contributed by atoms with Crippen LogP contribution < -0.4 is 5.32 Å². The molecule has 0 spiro atoms. The highest BCUT2D eigenvalue weighted by atomic mass is 32.2. The van der Waals surface area contributed by atoms with Gasteiger partial charge in [0.15, 0.2) is 0 Å². The van der Waals surface area contributed by atoms with E-state index in [2.05, 4.69) is 12.2 Å². The Morgan fingerprint density at radius 1 is 1.35 bits per heavy atom. The topological polar surface area (TPSA) is 62.6 Å². The zero-order valence-corrected chi connectivity index (χ0v) is 13.5. The minimum absolute atomic E-state index is 0.366. The van der Waals surface area contributed by atoms with Gasteiger partial charge in [0.2, 0.25) is 10.0 Å². The van der Waals surface area contributed by atoms with Crippen LogP contribution in [0.5, 0.6) is 0 Å². The van der Waals surface area contributed by atoms with Crippen molar-refractivity contribution in [1.29, 1.82) is 0 Å². The van der Waals surface area contributed by atoms with Gasteiger partial charge in [0, 0.05) is 25.2 Å². The minimum Gasteiger partial charge on any atom is -0.465 e. The van der Waals surface area contributed by atoms with E-state index >= 15 is 0 Å². The lowest BCUT2D eigenvalue weighted by Crippen LogP contribution is -2.30. The summed E-state index contributed by atoms with van der Waals surface area (Å²) in [5.74, 6) is 1.61. The van der Waals surface area contributed by atoms with Crippen LogP contribution in [-0.2, 0) is 16.6 Å². The van der Waals surface area contributed by atoms with Crippen LogP contribution in [0.25, 0.3) is 0 Å². The molecule has 1 N–H and O–H groups in total. The van der Waals surface area contributed by atoms with Gasteiger partial charge >= 0.3 is 0 Å². The summed E-state index contributed by atoms with van der Waals surface area (Å²) >= 11 is 0. The zero-order valence-electron chi connectivity index (χ0n) is 12.7. The van der Waals surface area contributed by atoms with E-state index in [1.165, 1.54) is 0 Å². The number of aryl methyl sites for hydroxylation is 2. The number of nitrogens with zero attached hydrogens (tertiary/aromatic N) is 1. The zero-order chi connectivity index (χ0) is 14.9. The van der Waals surface area contributed by atoms with Crippen LogP contribution in [0.3, 0.4) is 0 Å². The number of hydrogen-bond acceptors (Lipinski definition) is 4. The molecule has 1 atom stereocenters. The van der Waals surface area contributed by atoms with E-state index in [-0.39, 0.29) is 0 Å². The Bertz CT molecular complexity index is 577. The third-order valence-corrected chi connectivity index (χ3v) is 5.92. The fourth-order valence-electron chi connectivity index (χ4n) is 2.74. The molecule has 0 aromatic carbocycles. The molecule has 0 amide bonds. The van der Waals surface area contributed by atoms with Crippen molar-refractivity contribution in [1.82, 2.24) is 9.62 Å². The molecule has 6 heteroatoms. The second-order valence-corrected chi connectivity index (χ2v) is 7.43. The van der Waals surface area contributed by atoms with E-state index in [9.17, 15) is 8.42 Å². The van der Waals surface area contributed by atoms with Gasteiger partial charge in [0.05, 0.1) is 0 Å². The first kappa shape index (κ1) is 15.5. The lowest BCUT2D eigenvalue weighted by molar-refractivity contribution is 0.457. The van der Waals surface area contributed by atoms with Gasteiger partial charge in [-0.1, -0.05) is 13.8 Å². The van der Waals surface area contributed by atoms with Crippen LogP contribution in [0.2, 0.25) is 0 Å². The maximum Gasteiger partial charge on any atom is 0.246 e. The summed E-state index contributed by atoms with van der Waals surface area (Å²) < 4.78 is 32.8. The van der Waals surface area contributed by atoms with Crippen LogP contribution in [0.1, 0.15) is 37.4 Å². The molecular formula is C14H24N2O3S. The summed E-state index contributed by atoms with van der Waals surface area (Å²) in [5, 5.41) is 3.19. The van der Waals surface area contributed by atoms with Gasteiger partial charge in [-0.2, -0.15) is 4.31 Å². The maximum atomic E-state index is 12.8. The van der Waals surface area contributed by atoms with E-state index in [4.69, 9.17) is 4.42 Å². The minimum atomic E-state index is -3.44. The van der Waals surface area contributed by atoms with Crippen molar-refractivity contribution in [2.45, 2.75) is 45.6 Å². The number of sulfonamides is 1. The van der Waals surface area contributed by atoms with Gasteiger partial charge in [0.1, 0.15) is 16.4 Å². The maximum absolute atomic E-state index is 12.8. The molecule has 1 aliphatic heterocycles. The predicted molar refractivity (Wildman–Crippen MR) is 78.1 cm³/mol. The lowest BCUT2D eigenvalue weighted by Gasteiger charge is -2.17. The number of nitrogens with one attached hydrogen (secondary N) is 1. The second-order valence-electron chi connectivity index (χ2n) is 5.56. The smallest absolute Gasteiger partial charge is 0.246 e. The second kappa shape index (κ2) is 5.87. The molecule has 2 rings (SSSR count). The summed E-state index contributed by atoms with van der Waals surface area (Å²) in [7, 11) is -3.44. The van der Waals surface area contributed by atoms with Crippen LogP contribution in [0.15, 0.2) is 9.31 Å². The normalized spacial score (nSPS) is 20.7. The van der Waals surface area contributed by atoms with Crippen molar-refractivity contribution in [3.05, 3.63) is 17.1 Å². The van der Waals surface area contributed by atoms with Crippen LogP contribution in [0, 0.1) is 19.8 Å². The molecule has 0 aliphatic carbocycles. The third-order valence-electron chi connectivity index (χ3n) is 3.86. The Balaban J connectivity index is 2.40. The molecule has 114 valence electrons. The molecule has 0 radical (unpaired) electrons. The fourth-order valence-corrected chi connectivity index (χ4v) is 4.73. The van der Waals surface area contributed by atoms with Gasteiger partial charge in [-0.15, -0.1) is 0 Å². The molecular weight excluding hydrogens is 276 g/mol. The monoisotopic (exact) mass is 300 g/mol. The SMILES string of the molecule is CCNCc1c(C)oc(C)c1S(=O)(=O)N1CCC(C)C1. The Hall–Kier alpha value is -0.850. The van der Waals surface area contributed by atoms with Crippen molar-refractivity contribution in [2.75, 3.05) is 19.6 Å². The van der Waals surface area contributed by atoms with Crippen molar-refractivity contribution in [3.8, 4) is 0 Å². The molecule has 1 fully saturated rings. The lowest BCUT2D eigenvalue weighted by atomic mass is 10.2. The first-order valence-corrected chi connectivity index (χ1v) is 8.61. The number of hydrogen-bond donors (Lipinski definition) is 1. The summed E-state index contributed by atoms with van der Waals surface area (Å²) in [6.45, 7) is 10.2. The summed E-state index contributed by atoms with van der Waals surface area (Å²) in [6, 6.07) is 0. The molecule has 1 aliphatic rings. The average molecular weight is 300 g/mol. The average Bonchev–Trinajstić information content (AvgIpc) is 2.91. The Morgan fingerprint density at radius 3 is 2.60 bits per heavy atom. The Morgan fingerprint density at radius 2 is 2.05 bits per heavy atom. The summed E-state index contributed by atoms with van der Waals surface area (Å²) in [4.78, 5) is 0.366. The molecule has 0 saturated carbocycles. The summed E-state index contributed by atoms with van der Waals surface area (Å²) in [6.07, 6.45) is 0.928. The van der Waals surface area contributed by atoms with E-state index in [1.54, 1.807) is 11.2 Å². The van der Waals surface area contributed by atoms with Gasteiger partial charge in [-0.05, 0) is 32.7 Å². The third kappa shape index (κ3) is 2.77. The first-order chi connectivity index (χ1) is 9.37. The van der Waals surface area contributed by atoms with Crippen molar-refractivity contribution < 1.29 is 12.8 Å². The largest absolute Gasteiger partial charge is 0.465 e. The number of furan rings is 1. The summed E-state index contributed by atoms with van der Waals surface area (Å²) in [5.41, 5.74) is 0.768. The van der Waals surface area contributed by atoms with Gasteiger partial charge in [-0.3, -0.25) is 0 Å². The van der Waals surface area contributed by atoms with Gasteiger partial charge < -0.3 is 9.73 Å². The molecule has 0 bridgehead atoms. The van der Waals surface area contributed by atoms with Gasteiger partial charge in [0.25, 0.3) is 0 Å². The van der Waals surface area contributed by atoms with Crippen LogP contribution in [-0.4, -0.2) is 32.4 Å². The molecule has 2 heterocycles. The molecule has 1 saturated heterocycles. The standard InChI is InChI=1S/C14H24N2O3S/c1-5-15-8-13-11(3)19-12(4)14(13)20(17,18)16-7-6-10(2)9-16/h10,15H,5-9H2,1-4H3. The van der Waals surface area contributed by atoms with Crippen molar-refractivity contribution in [2.24, 2.45) is 5.92 Å². The molecule has 5 nitrogen and oxygen atoms in total. The van der Waals surface area contributed by atoms with E-state index in [0.29, 0.717) is 42.0 Å².